The Balaban J connectivity index is 2.49. The highest BCUT2D eigenvalue weighted by atomic mass is 16.6. The van der Waals surface area contributed by atoms with Crippen LogP contribution in [0.3, 0.4) is 0 Å². The average molecular weight is 228 g/mol. The lowest BCUT2D eigenvalue weighted by atomic mass is 10.5. The van der Waals surface area contributed by atoms with Crippen LogP contribution in [-0.2, 0) is 16.1 Å². The lowest BCUT2D eigenvalue weighted by Gasteiger charge is -2.01. The average Bonchev–Trinajstić information content (AvgIpc) is 2.63. The van der Waals surface area contributed by atoms with E-state index in [1.165, 1.54) is 0 Å². The highest BCUT2D eigenvalue weighted by Gasteiger charge is 2.11. The molecule has 0 saturated heterocycles. The molecule has 0 bridgehead atoms. The zero-order valence-electron chi connectivity index (χ0n) is 7.99. The van der Waals surface area contributed by atoms with Gasteiger partial charge in [0, 0.05) is 0 Å². The number of aromatic nitrogens is 2. The van der Waals surface area contributed by atoms with E-state index in [0.29, 0.717) is 0 Å². The summed E-state index contributed by atoms with van der Waals surface area (Å²) in [6.07, 6.45) is 2.09. The van der Waals surface area contributed by atoms with Crippen molar-refractivity contribution in [3.8, 4) is 0 Å². The second-order valence-electron chi connectivity index (χ2n) is 2.82. The summed E-state index contributed by atoms with van der Waals surface area (Å²) in [5.41, 5.74) is -0.231. The van der Waals surface area contributed by atoms with Crippen molar-refractivity contribution in [2.24, 2.45) is 0 Å². The molecule has 1 amide bonds. The van der Waals surface area contributed by atoms with Crippen LogP contribution in [0.1, 0.15) is 0 Å². The summed E-state index contributed by atoms with van der Waals surface area (Å²) < 4.78 is 1.05. The maximum absolute atomic E-state index is 11.1. The minimum Gasteiger partial charge on any atom is -0.480 e. The predicted octanol–water partition coefficient (Wildman–Crippen LogP) is -1.01. The number of carboxylic acids is 1. The maximum atomic E-state index is 11.1. The maximum Gasteiger partial charge on any atom is 0.322 e. The number of hydrogen-bond acceptors (Lipinski definition) is 5. The zero-order valence-corrected chi connectivity index (χ0v) is 7.99. The quantitative estimate of drug-likeness (QED) is 0.491. The van der Waals surface area contributed by atoms with Crippen LogP contribution in [0.5, 0.6) is 0 Å². The van der Waals surface area contributed by atoms with Crippen LogP contribution in [0.15, 0.2) is 12.4 Å². The summed E-state index contributed by atoms with van der Waals surface area (Å²) in [5, 5.41) is 24.2. The molecule has 0 unspecified atom stereocenters. The number of nitro groups is 1. The molecule has 2 N–H and O–H groups in total. The smallest absolute Gasteiger partial charge is 0.322 e. The van der Waals surface area contributed by atoms with E-state index in [1.54, 1.807) is 0 Å². The number of amides is 1. The van der Waals surface area contributed by atoms with Gasteiger partial charge in [-0.15, -0.1) is 0 Å². The van der Waals surface area contributed by atoms with Crippen LogP contribution >= 0.6 is 0 Å². The van der Waals surface area contributed by atoms with E-state index in [9.17, 15) is 19.7 Å². The highest BCUT2D eigenvalue weighted by Crippen LogP contribution is 2.06. The Bertz CT molecular complexity index is 426. The summed E-state index contributed by atoms with van der Waals surface area (Å²) in [4.78, 5) is 30.9. The fourth-order valence-electron chi connectivity index (χ4n) is 0.911. The van der Waals surface area contributed by atoms with Gasteiger partial charge in [-0.2, -0.15) is 5.10 Å². The van der Waals surface area contributed by atoms with Gasteiger partial charge in [0.1, 0.15) is 25.5 Å². The minimum absolute atomic E-state index is 0.231. The largest absolute Gasteiger partial charge is 0.480 e. The van der Waals surface area contributed by atoms with Gasteiger partial charge in [0.2, 0.25) is 5.91 Å². The first-order valence-corrected chi connectivity index (χ1v) is 4.14. The van der Waals surface area contributed by atoms with Crippen LogP contribution in [-0.4, -0.2) is 38.2 Å². The molecule has 0 atom stereocenters. The summed E-state index contributed by atoms with van der Waals surface area (Å²) in [6, 6.07) is 0. The van der Waals surface area contributed by atoms with E-state index < -0.39 is 23.3 Å². The molecule has 0 spiro atoms. The summed E-state index contributed by atoms with van der Waals surface area (Å²) in [5.74, 6) is -1.75. The third-order valence-corrected chi connectivity index (χ3v) is 1.57. The molecule has 1 aromatic rings. The number of carbonyl (C=O) groups excluding carboxylic acids is 1. The molecular formula is C7H8N4O5. The minimum atomic E-state index is -1.17. The molecule has 0 radical (unpaired) electrons. The standard InChI is InChI=1S/C7H8N4O5/c12-6(8-2-7(13)14)4-10-3-5(1-9-10)11(15)16/h1,3H,2,4H2,(H,8,12)(H,13,14). The summed E-state index contributed by atoms with van der Waals surface area (Å²) >= 11 is 0. The van der Waals surface area contributed by atoms with E-state index in [1.807, 2.05) is 0 Å². The van der Waals surface area contributed by atoms with Crippen LogP contribution < -0.4 is 5.32 Å². The Morgan fingerprint density at radius 3 is 2.81 bits per heavy atom. The van der Waals surface area contributed by atoms with E-state index in [-0.39, 0.29) is 12.2 Å². The molecule has 16 heavy (non-hydrogen) atoms. The van der Waals surface area contributed by atoms with E-state index in [0.717, 1.165) is 17.1 Å². The van der Waals surface area contributed by atoms with Crippen LogP contribution in [0.2, 0.25) is 0 Å². The highest BCUT2D eigenvalue weighted by molar-refractivity contribution is 5.80. The lowest BCUT2D eigenvalue weighted by molar-refractivity contribution is -0.385. The fourth-order valence-corrected chi connectivity index (χ4v) is 0.911. The van der Waals surface area contributed by atoms with Crippen molar-refractivity contribution >= 4 is 17.6 Å². The van der Waals surface area contributed by atoms with Gasteiger partial charge in [-0.25, -0.2) is 0 Å². The van der Waals surface area contributed by atoms with Crippen molar-refractivity contribution in [2.75, 3.05) is 6.54 Å². The number of nitrogens with one attached hydrogen (secondary N) is 1. The second kappa shape index (κ2) is 4.87. The van der Waals surface area contributed by atoms with Gasteiger partial charge < -0.3 is 10.4 Å². The molecule has 9 heteroatoms. The van der Waals surface area contributed by atoms with Crippen molar-refractivity contribution in [1.29, 1.82) is 0 Å². The van der Waals surface area contributed by atoms with Crippen molar-refractivity contribution in [1.82, 2.24) is 15.1 Å². The SMILES string of the molecule is O=C(O)CNC(=O)Cn1cc([N+](=O)[O-])cn1. The Morgan fingerprint density at radius 2 is 2.31 bits per heavy atom. The number of aliphatic carboxylic acids is 1. The molecule has 0 aromatic carbocycles. The molecular weight excluding hydrogens is 220 g/mol. The normalized spacial score (nSPS) is 9.75. The van der Waals surface area contributed by atoms with Crippen LogP contribution in [0, 0.1) is 10.1 Å². The number of hydrogen-bond donors (Lipinski definition) is 2. The van der Waals surface area contributed by atoms with Gasteiger partial charge in [-0.1, -0.05) is 0 Å². The van der Waals surface area contributed by atoms with Crippen LogP contribution in [0.4, 0.5) is 5.69 Å². The van der Waals surface area contributed by atoms with Crippen molar-refractivity contribution in [2.45, 2.75) is 6.54 Å². The third-order valence-electron chi connectivity index (χ3n) is 1.57. The monoisotopic (exact) mass is 228 g/mol. The Kier molecular flexibility index (Phi) is 3.53. The zero-order chi connectivity index (χ0) is 12.1. The van der Waals surface area contributed by atoms with Gasteiger partial charge in [0.05, 0.1) is 4.92 Å². The predicted molar refractivity (Wildman–Crippen MR) is 49.5 cm³/mol. The van der Waals surface area contributed by atoms with Crippen molar-refractivity contribution in [3.05, 3.63) is 22.5 Å². The van der Waals surface area contributed by atoms with Gasteiger partial charge >= 0.3 is 11.7 Å². The second-order valence-corrected chi connectivity index (χ2v) is 2.82. The van der Waals surface area contributed by atoms with Gasteiger partial charge in [-0.3, -0.25) is 24.4 Å². The van der Waals surface area contributed by atoms with Gasteiger partial charge in [-0.05, 0) is 0 Å². The molecule has 86 valence electrons. The first kappa shape index (κ1) is 11.6. The topological polar surface area (TPSA) is 127 Å². The Hall–Kier alpha value is -2.45. The van der Waals surface area contributed by atoms with E-state index in [4.69, 9.17) is 5.11 Å². The Labute approximate surface area is 88.8 Å². The number of rotatable bonds is 5. The van der Waals surface area contributed by atoms with Crippen molar-refractivity contribution in [3.63, 3.8) is 0 Å². The van der Waals surface area contributed by atoms with Crippen molar-refractivity contribution < 1.29 is 19.6 Å². The Morgan fingerprint density at radius 1 is 1.62 bits per heavy atom. The number of carboxylic acid groups (broad SMARTS) is 1. The fraction of sp³-hybridized carbons (Fsp3) is 0.286. The number of carbonyl (C=O) groups is 2. The van der Waals surface area contributed by atoms with Gasteiger partial charge in [0.15, 0.2) is 0 Å². The third kappa shape index (κ3) is 3.36. The first-order valence-electron chi connectivity index (χ1n) is 4.14. The number of nitrogens with zero attached hydrogens (tertiary/aromatic N) is 3. The molecule has 0 aliphatic carbocycles. The molecule has 0 fully saturated rings. The molecule has 1 rings (SSSR count). The molecule has 9 nitrogen and oxygen atoms in total. The van der Waals surface area contributed by atoms with E-state index >= 15 is 0 Å². The summed E-state index contributed by atoms with van der Waals surface area (Å²) in [7, 11) is 0. The lowest BCUT2D eigenvalue weighted by Crippen LogP contribution is -2.32. The molecule has 0 aliphatic rings. The molecule has 0 aliphatic heterocycles. The molecule has 1 heterocycles. The van der Waals surface area contributed by atoms with E-state index in [2.05, 4.69) is 10.4 Å². The van der Waals surface area contributed by atoms with Gasteiger partial charge in [0.25, 0.3) is 0 Å². The van der Waals surface area contributed by atoms with Crippen LogP contribution in [0.25, 0.3) is 0 Å². The summed E-state index contributed by atoms with van der Waals surface area (Å²) in [6.45, 7) is -0.761. The molecule has 1 aromatic heterocycles. The first-order chi connectivity index (χ1) is 7.49. The molecule has 0 saturated carbocycles.